The van der Waals surface area contributed by atoms with Gasteiger partial charge in [0.25, 0.3) is 0 Å². The molecule has 90 valence electrons. The Bertz CT molecular complexity index is 342. The number of thioether (sulfide) groups is 1. The molecule has 0 aliphatic rings. The van der Waals surface area contributed by atoms with E-state index in [1.165, 1.54) is 6.07 Å². The fraction of sp³-hybridized carbons (Fsp3) is 0.500. The van der Waals surface area contributed by atoms with Crippen LogP contribution in [0.4, 0.5) is 8.78 Å². The first-order valence-electron chi connectivity index (χ1n) is 5.21. The van der Waals surface area contributed by atoms with Gasteiger partial charge >= 0.3 is 0 Å². The Hall–Kier alpha value is -0.610. The summed E-state index contributed by atoms with van der Waals surface area (Å²) in [6, 6.07) is 3.51. The largest absolute Gasteiger partial charge is 0.388 e. The molecule has 1 aromatic rings. The predicted molar refractivity (Wildman–Crippen MR) is 63.5 cm³/mol. The van der Waals surface area contributed by atoms with E-state index in [0.29, 0.717) is 17.2 Å². The van der Waals surface area contributed by atoms with Gasteiger partial charge < -0.3 is 5.11 Å². The van der Waals surface area contributed by atoms with Crippen LogP contribution in [0.3, 0.4) is 0 Å². The van der Waals surface area contributed by atoms with Crippen LogP contribution in [0.2, 0.25) is 0 Å². The van der Waals surface area contributed by atoms with Crippen molar-refractivity contribution in [2.75, 3.05) is 11.5 Å². The number of hydrogen-bond acceptors (Lipinski definition) is 2. The highest BCUT2D eigenvalue weighted by atomic mass is 32.2. The Morgan fingerprint density at radius 3 is 2.44 bits per heavy atom. The van der Waals surface area contributed by atoms with Gasteiger partial charge in [-0.15, -0.1) is 0 Å². The first kappa shape index (κ1) is 13.5. The van der Waals surface area contributed by atoms with Crippen LogP contribution in [-0.4, -0.2) is 16.6 Å². The van der Waals surface area contributed by atoms with Gasteiger partial charge in [-0.1, -0.05) is 19.9 Å². The molecule has 0 saturated heterocycles. The molecule has 1 aromatic carbocycles. The van der Waals surface area contributed by atoms with Crippen molar-refractivity contribution in [3.63, 3.8) is 0 Å². The third-order valence-corrected chi connectivity index (χ3v) is 3.51. The average Bonchev–Trinajstić information content (AvgIpc) is 2.21. The number of halogens is 2. The fourth-order valence-corrected chi connectivity index (χ4v) is 2.25. The Labute approximate surface area is 98.9 Å². The summed E-state index contributed by atoms with van der Waals surface area (Å²) in [5, 5.41) is 9.74. The Kier molecular flexibility index (Phi) is 5.22. The molecule has 4 heteroatoms. The molecule has 1 unspecified atom stereocenters. The number of aliphatic hydroxyl groups excluding tert-OH is 1. The third-order valence-electron chi connectivity index (χ3n) is 2.06. The second-order valence-electron chi connectivity index (χ2n) is 4.12. The van der Waals surface area contributed by atoms with Gasteiger partial charge in [0.1, 0.15) is 0 Å². The van der Waals surface area contributed by atoms with E-state index in [1.807, 2.05) is 0 Å². The molecule has 16 heavy (non-hydrogen) atoms. The molecule has 1 N–H and O–H groups in total. The van der Waals surface area contributed by atoms with Crippen LogP contribution in [0.25, 0.3) is 0 Å². The van der Waals surface area contributed by atoms with Gasteiger partial charge in [0.15, 0.2) is 11.6 Å². The summed E-state index contributed by atoms with van der Waals surface area (Å²) >= 11 is 1.61. The van der Waals surface area contributed by atoms with Crippen LogP contribution in [0.15, 0.2) is 18.2 Å². The van der Waals surface area contributed by atoms with Crippen molar-refractivity contribution in [3.8, 4) is 0 Å². The zero-order valence-corrected chi connectivity index (χ0v) is 10.2. The third kappa shape index (κ3) is 4.10. The molecule has 1 atom stereocenters. The van der Waals surface area contributed by atoms with E-state index in [9.17, 15) is 13.9 Å². The highest BCUT2D eigenvalue weighted by molar-refractivity contribution is 7.99. The predicted octanol–water partition coefficient (Wildman–Crippen LogP) is 3.39. The van der Waals surface area contributed by atoms with Crippen LogP contribution in [0.5, 0.6) is 0 Å². The van der Waals surface area contributed by atoms with Crippen molar-refractivity contribution in [2.45, 2.75) is 20.0 Å². The summed E-state index contributed by atoms with van der Waals surface area (Å²) < 4.78 is 25.6. The zero-order valence-electron chi connectivity index (χ0n) is 9.41. The summed E-state index contributed by atoms with van der Waals surface area (Å²) in [5.74, 6) is 0.211. The maximum absolute atomic E-state index is 12.9. The van der Waals surface area contributed by atoms with Crippen LogP contribution >= 0.6 is 11.8 Å². The van der Waals surface area contributed by atoms with Crippen LogP contribution in [0.1, 0.15) is 25.5 Å². The van der Waals surface area contributed by atoms with Crippen molar-refractivity contribution in [1.29, 1.82) is 0 Å². The lowest BCUT2D eigenvalue weighted by atomic mass is 10.1. The number of rotatable bonds is 5. The van der Waals surface area contributed by atoms with Crippen LogP contribution < -0.4 is 0 Å². The van der Waals surface area contributed by atoms with Crippen molar-refractivity contribution in [1.82, 2.24) is 0 Å². The van der Waals surface area contributed by atoms with E-state index >= 15 is 0 Å². The van der Waals surface area contributed by atoms with Gasteiger partial charge in [-0.25, -0.2) is 8.78 Å². The highest BCUT2D eigenvalue weighted by Gasteiger charge is 2.11. The standard InChI is InChI=1S/C12H16F2OS/c1-8(2)6-16-7-12(15)9-3-4-10(13)11(14)5-9/h3-5,8,12,15H,6-7H2,1-2H3. The Morgan fingerprint density at radius 1 is 1.19 bits per heavy atom. The molecule has 0 amide bonds. The van der Waals surface area contributed by atoms with Gasteiger partial charge in [-0.3, -0.25) is 0 Å². The van der Waals surface area contributed by atoms with Gasteiger partial charge in [0.2, 0.25) is 0 Å². The lowest BCUT2D eigenvalue weighted by Crippen LogP contribution is -2.04. The van der Waals surface area contributed by atoms with Crippen LogP contribution in [0, 0.1) is 17.6 Å². The molecule has 0 aliphatic heterocycles. The summed E-state index contributed by atoms with van der Waals surface area (Å²) in [5.41, 5.74) is 0.426. The molecule has 0 aromatic heterocycles. The van der Waals surface area contributed by atoms with Gasteiger partial charge in [-0.05, 0) is 29.4 Å². The van der Waals surface area contributed by atoms with E-state index in [1.54, 1.807) is 11.8 Å². The van der Waals surface area contributed by atoms with E-state index in [0.717, 1.165) is 17.9 Å². The highest BCUT2D eigenvalue weighted by Crippen LogP contribution is 2.21. The lowest BCUT2D eigenvalue weighted by molar-refractivity contribution is 0.203. The molecule has 1 nitrogen and oxygen atoms in total. The minimum Gasteiger partial charge on any atom is -0.388 e. The van der Waals surface area contributed by atoms with Crippen molar-refractivity contribution >= 4 is 11.8 Å². The summed E-state index contributed by atoms with van der Waals surface area (Å²) in [6.45, 7) is 4.19. The van der Waals surface area contributed by atoms with E-state index < -0.39 is 17.7 Å². The monoisotopic (exact) mass is 246 g/mol. The summed E-state index contributed by atoms with van der Waals surface area (Å²) in [6.07, 6.45) is -0.737. The van der Waals surface area contributed by atoms with Crippen molar-refractivity contribution in [3.05, 3.63) is 35.4 Å². The molecule has 0 bridgehead atoms. The van der Waals surface area contributed by atoms with E-state index in [2.05, 4.69) is 13.8 Å². The van der Waals surface area contributed by atoms with E-state index in [-0.39, 0.29) is 0 Å². The smallest absolute Gasteiger partial charge is 0.159 e. The lowest BCUT2D eigenvalue weighted by Gasteiger charge is -2.11. The number of aliphatic hydroxyl groups is 1. The minimum atomic E-state index is -0.912. The summed E-state index contributed by atoms with van der Waals surface area (Å²) in [4.78, 5) is 0. The summed E-state index contributed by atoms with van der Waals surface area (Å²) in [7, 11) is 0. The molecular formula is C12H16F2OS. The minimum absolute atomic E-state index is 0.426. The second kappa shape index (κ2) is 6.21. The molecule has 0 aliphatic carbocycles. The quantitative estimate of drug-likeness (QED) is 0.859. The van der Waals surface area contributed by atoms with Gasteiger partial charge in [0, 0.05) is 5.75 Å². The Balaban J connectivity index is 2.52. The first-order valence-corrected chi connectivity index (χ1v) is 6.37. The topological polar surface area (TPSA) is 20.2 Å². The van der Waals surface area contributed by atoms with Crippen LogP contribution in [-0.2, 0) is 0 Å². The fourth-order valence-electron chi connectivity index (χ4n) is 1.23. The molecule has 0 heterocycles. The molecule has 0 spiro atoms. The maximum atomic E-state index is 12.9. The zero-order chi connectivity index (χ0) is 12.1. The molecule has 0 saturated carbocycles. The van der Waals surface area contributed by atoms with Crippen molar-refractivity contribution < 1.29 is 13.9 Å². The molecule has 0 fully saturated rings. The molecule has 0 radical (unpaired) electrons. The Morgan fingerprint density at radius 2 is 1.88 bits per heavy atom. The number of benzene rings is 1. The second-order valence-corrected chi connectivity index (χ2v) is 5.20. The molecular weight excluding hydrogens is 230 g/mol. The normalized spacial score (nSPS) is 13.1. The molecule has 1 rings (SSSR count). The SMILES string of the molecule is CC(C)CSCC(O)c1ccc(F)c(F)c1. The van der Waals surface area contributed by atoms with E-state index in [4.69, 9.17) is 0 Å². The van der Waals surface area contributed by atoms with Gasteiger partial charge in [0.05, 0.1) is 6.10 Å². The average molecular weight is 246 g/mol. The van der Waals surface area contributed by atoms with Gasteiger partial charge in [-0.2, -0.15) is 11.8 Å². The van der Waals surface area contributed by atoms with Crippen molar-refractivity contribution in [2.24, 2.45) is 5.92 Å². The number of hydrogen-bond donors (Lipinski definition) is 1. The maximum Gasteiger partial charge on any atom is 0.159 e. The first-order chi connectivity index (χ1) is 7.50.